The van der Waals surface area contributed by atoms with Crippen molar-refractivity contribution in [1.29, 1.82) is 5.26 Å². The van der Waals surface area contributed by atoms with Gasteiger partial charge in [-0.1, -0.05) is 23.8 Å². The van der Waals surface area contributed by atoms with E-state index in [4.69, 9.17) is 0 Å². The molecule has 0 bridgehead atoms. The fourth-order valence-electron chi connectivity index (χ4n) is 2.67. The molecule has 2 aromatic carbocycles. The van der Waals surface area contributed by atoms with Gasteiger partial charge in [0.15, 0.2) is 0 Å². The van der Waals surface area contributed by atoms with Crippen molar-refractivity contribution in [3.05, 3.63) is 65.4 Å². The first-order valence-electron chi connectivity index (χ1n) is 7.09. The Labute approximate surface area is 129 Å². The summed E-state index contributed by atoms with van der Waals surface area (Å²) in [6.45, 7) is 4.03. The van der Waals surface area contributed by atoms with Gasteiger partial charge in [-0.2, -0.15) is 5.26 Å². The maximum atomic E-state index is 9.60. The lowest BCUT2D eigenvalue weighted by molar-refractivity contribution is 0.475. The zero-order valence-electron chi connectivity index (χ0n) is 12.5. The summed E-state index contributed by atoms with van der Waals surface area (Å²) in [5.74, 6) is 0.226. The number of rotatable bonds is 2. The number of aromatic nitrogens is 1. The van der Waals surface area contributed by atoms with Gasteiger partial charge in [0, 0.05) is 11.1 Å². The molecule has 0 spiro atoms. The molecule has 0 aliphatic heterocycles. The highest BCUT2D eigenvalue weighted by atomic mass is 16.3. The number of benzene rings is 2. The van der Waals surface area contributed by atoms with E-state index in [0.29, 0.717) is 5.56 Å². The van der Waals surface area contributed by atoms with Gasteiger partial charge in [0.1, 0.15) is 11.8 Å². The first kappa shape index (κ1) is 14.0. The van der Waals surface area contributed by atoms with Crippen LogP contribution in [-0.2, 0) is 0 Å². The van der Waals surface area contributed by atoms with Crippen LogP contribution in [0, 0.1) is 11.3 Å². The monoisotopic (exact) mass is 288 g/mol. The fraction of sp³-hybridized carbons (Fsp3) is 0.105. The number of fused-ring (bicyclic) bond motifs is 1. The number of phenolic OH excluding ortho intramolecular Hbond substituents is 1. The van der Waals surface area contributed by atoms with Crippen LogP contribution in [0.3, 0.4) is 0 Å². The Bertz CT molecular complexity index is 905. The van der Waals surface area contributed by atoms with Crippen LogP contribution in [0.25, 0.3) is 22.7 Å². The normalized spacial score (nSPS) is 10.4. The average molecular weight is 288 g/mol. The molecule has 0 aliphatic rings. The lowest BCUT2D eigenvalue weighted by atomic mass is 10.1. The van der Waals surface area contributed by atoms with Crippen LogP contribution in [0.2, 0.25) is 0 Å². The SMILES string of the molecule is CC(C)=Cc1c(C#N)c2ccccc2n1-c1ccc(O)cc1. The summed E-state index contributed by atoms with van der Waals surface area (Å²) in [6, 6.07) is 17.2. The van der Waals surface area contributed by atoms with Gasteiger partial charge in [-0.25, -0.2) is 0 Å². The Balaban J connectivity index is 2.44. The first-order valence-corrected chi connectivity index (χ1v) is 7.09. The summed E-state index contributed by atoms with van der Waals surface area (Å²) in [5.41, 5.74) is 4.57. The van der Waals surface area contributed by atoms with E-state index in [1.54, 1.807) is 12.1 Å². The number of aromatic hydroxyl groups is 1. The number of allylic oxidation sites excluding steroid dienone is 1. The predicted octanol–water partition coefficient (Wildman–Crippen LogP) is 4.63. The van der Waals surface area contributed by atoms with Crippen molar-refractivity contribution in [2.24, 2.45) is 0 Å². The van der Waals surface area contributed by atoms with Crippen LogP contribution in [0.1, 0.15) is 25.1 Å². The zero-order valence-corrected chi connectivity index (χ0v) is 12.5. The summed E-state index contributed by atoms with van der Waals surface area (Å²) in [5, 5.41) is 20.0. The maximum Gasteiger partial charge on any atom is 0.115 e. The van der Waals surface area contributed by atoms with Crippen LogP contribution in [0.5, 0.6) is 5.75 Å². The number of nitrogens with zero attached hydrogens (tertiary/aromatic N) is 2. The first-order chi connectivity index (χ1) is 10.6. The van der Waals surface area contributed by atoms with Gasteiger partial charge < -0.3 is 9.67 Å². The van der Waals surface area contributed by atoms with E-state index >= 15 is 0 Å². The Kier molecular flexibility index (Phi) is 3.44. The molecule has 1 heterocycles. The molecule has 0 aliphatic carbocycles. The van der Waals surface area contributed by atoms with Crippen LogP contribution < -0.4 is 0 Å². The van der Waals surface area contributed by atoms with Crippen molar-refractivity contribution in [2.45, 2.75) is 13.8 Å². The largest absolute Gasteiger partial charge is 0.508 e. The van der Waals surface area contributed by atoms with E-state index in [-0.39, 0.29) is 5.75 Å². The van der Waals surface area contributed by atoms with Crippen molar-refractivity contribution >= 4 is 17.0 Å². The van der Waals surface area contributed by atoms with Crippen LogP contribution in [0.15, 0.2) is 54.1 Å². The van der Waals surface area contributed by atoms with Gasteiger partial charge in [0.2, 0.25) is 0 Å². The van der Waals surface area contributed by atoms with Crippen molar-refractivity contribution < 1.29 is 5.11 Å². The van der Waals surface area contributed by atoms with Crippen molar-refractivity contribution in [3.8, 4) is 17.5 Å². The highest BCUT2D eigenvalue weighted by Gasteiger charge is 2.16. The van der Waals surface area contributed by atoms with Crippen molar-refractivity contribution in [1.82, 2.24) is 4.57 Å². The fourth-order valence-corrected chi connectivity index (χ4v) is 2.67. The third-order valence-electron chi connectivity index (χ3n) is 3.56. The summed E-state index contributed by atoms with van der Waals surface area (Å²) in [7, 11) is 0. The molecule has 0 fully saturated rings. The molecule has 3 rings (SSSR count). The quantitative estimate of drug-likeness (QED) is 0.747. The molecule has 1 N–H and O–H groups in total. The minimum atomic E-state index is 0.226. The molecule has 0 saturated carbocycles. The summed E-state index contributed by atoms with van der Waals surface area (Å²) in [4.78, 5) is 0. The second-order valence-corrected chi connectivity index (χ2v) is 5.46. The van der Waals surface area contributed by atoms with E-state index in [0.717, 1.165) is 27.9 Å². The van der Waals surface area contributed by atoms with Gasteiger partial charge >= 0.3 is 0 Å². The lowest BCUT2D eigenvalue weighted by Gasteiger charge is -2.09. The smallest absolute Gasteiger partial charge is 0.115 e. The molecule has 3 nitrogen and oxygen atoms in total. The van der Waals surface area contributed by atoms with Crippen LogP contribution in [-0.4, -0.2) is 9.67 Å². The summed E-state index contributed by atoms with van der Waals surface area (Å²) >= 11 is 0. The lowest BCUT2D eigenvalue weighted by Crippen LogP contribution is -1.97. The van der Waals surface area contributed by atoms with Crippen LogP contribution >= 0.6 is 0 Å². The maximum absolute atomic E-state index is 9.60. The molecule has 3 heteroatoms. The van der Waals surface area contributed by atoms with E-state index in [1.165, 1.54) is 0 Å². The standard InChI is InChI=1S/C19H16N2O/c1-13(2)11-19-17(12-20)16-5-3-4-6-18(16)21(19)14-7-9-15(22)10-8-14/h3-11,22H,1-2H3. The predicted molar refractivity (Wildman–Crippen MR) is 89.0 cm³/mol. The van der Waals surface area contributed by atoms with Crippen molar-refractivity contribution in [3.63, 3.8) is 0 Å². The number of phenols is 1. The van der Waals surface area contributed by atoms with Gasteiger partial charge in [-0.3, -0.25) is 0 Å². The Morgan fingerprint density at radius 2 is 1.77 bits per heavy atom. The highest BCUT2D eigenvalue weighted by molar-refractivity contribution is 5.92. The molecule has 0 atom stereocenters. The molecule has 0 saturated heterocycles. The van der Waals surface area contributed by atoms with E-state index < -0.39 is 0 Å². The van der Waals surface area contributed by atoms with Gasteiger partial charge in [-0.05, 0) is 50.3 Å². The van der Waals surface area contributed by atoms with Gasteiger partial charge in [0.05, 0.1) is 16.8 Å². The Morgan fingerprint density at radius 1 is 1.09 bits per heavy atom. The summed E-state index contributed by atoms with van der Waals surface area (Å²) in [6.07, 6.45) is 2.02. The molecular formula is C19H16N2O. The molecule has 0 amide bonds. The molecule has 108 valence electrons. The zero-order chi connectivity index (χ0) is 15.7. The van der Waals surface area contributed by atoms with E-state index in [9.17, 15) is 10.4 Å². The molecule has 0 radical (unpaired) electrons. The number of nitriles is 1. The average Bonchev–Trinajstić information content (AvgIpc) is 2.80. The Hall–Kier alpha value is -2.99. The molecule has 22 heavy (non-hydrogen) atoms. The van der Waals surface area contributed by atoms with Gasteiger partial charge in [0.25, 0.3) is 0 Å². The van der Waals surface area contributed by atoms with E-state index in [2.05, 4.69) is 10.6 Å². The number of para-hydroxylation sites is 1. The third-order valence-corrected chi connectivity index (χ3v) is 3.56. The van der Waals surface area contributed by atoms with Crippen LogP contribution in [0.4, 0.5) is 0 Å². The molecule has 1 aromatic heterocycles. The van der Waals surface area contributed by atoms with Crippen molar-refractivity contribution in [2.75, 3.05) is 0 Å². The minimum absolute atomic E-state index is 0.226. The third kappa shape index (κ3) is 2.25. The second-order valence-electron chi connectivity index (χ2n) is 5.46. The van der Waals surface area contributed by atoms with Gasteiger partial charge in [-0.15, -0.1) is 0 Å². The molecule has 3 aromatic rings. The summed E-state index contributed by atoms with van der Waals surface area (Å²) < 4.78 is 2.06. The topological polar surface area (TPSA) is 49.0 Å². The second kappa shape index (κ2) is 5.42. The number of hydrogen-bond acceptors (Lipinski definition) is 2. The molecular weight excluding hydrogens is 272 g/mol. The van der Waals surface area contributed by atoms with E-state index in [1.807, 2.05) is 56.3 Å². The Morgan fingerprint density at radius 3 is 2.41 bits per heavy atom. The number of hydrogen-bond donors (Lipinski definition) is 1. The highest BCUT2D eigenvalue weighted by Crippen LogP contribution is 2.31. The minimum Gasteiger partial charge on any atom is -0.508 e. The molecule has 0 unspecified atom stereocenters.